The van der Waals surface area contributed by atoms with Gasteiger partial charge in [0.2, 0.25) is 0 Å². The molecule has 5 nitrogen and oxygen atoms in total. The molecule has 1 fully saturated rings. The zero-order chi connectivity index (χ0) is 18.8. The van der Waals surface area contributed by atoms with Gasteiger partial charge in [0, 0.05) is 17.9 Å². The molecule has 2 aromatic rings. The summed E-state index contributed by atoms with van der Waals surface area (Å²) in [7, 11) is 0. The highest BCUT2D eigenvalue weighted by atomic mass is 16.4. The van der Waals surface area contributed by atoms with E-state index in [-0.39, 0.29) is 11.9 Å². The lowest BCUT2D eigenvalue weighted by Crippen LogP contribution is -2.48. The molecule has 1 aliphatic heterocycles. The Hall–Kier alpha value is -2.56. The van der Waals surface area contributed by atoms with E-state index in [4.69, 9.17) is 0 Å². The minimum absolute atomic E-state index is 0.106. The van der Waals surface area contributed by atoms with Gasteiger partial charge in [0.1, 0.15) is 6.04 Å². The summed E-state index contributed by atoms with van der Waals surface area (Å²) in [6.07, 6.45) is 2.24. The molecule has 1 aliphatic rings. The maximum absolute atomic E-state index is 13.1. The fourth-order valence-electron chi connectivity index (χ4n) is 4.06. The van der Waals surface area contributed by atoms with Crippen LogP contribution in [0.25, 0.3) is 0 Å². The molecule has 0 aliphatic carbocycles. The highest BCUT2D eigenvalue weighted by molar-refractivity contribution is 5.98. The third kappa shape index (κ3) is 3.26. The first kappa shape index (κ1) is 18.2. The number of benzene rings is 1. The highest BCUT2D eigenvalue weighted by Crippen LogP contribution is 2.28. The molecule has 1 saturated heterocycles. The van der Waals surface area contributed by atoms with Gasteiger partial charge in [-0.05, 0) is 51.7 Å². The van der Waals surface area contributed by atoms with Gasteiger partial charge in [0.15, 0.2) is 0 Å². The third-order valence-electron chi connectivity index (χ3n) is 5.43. The maximum Gasteiger partial charge on any atom is 0.326 e. The molecule has 138 valence electrons. The van der Waals surface area contributed by atoms with Crippen molar-refractivity contribution in [2.75, 3.05) is 6.54 Å². The second kappa shape index (κ2) is 7.36. The Kier molecular flexibility index (Phi) is 5.16. The van der Waals surface area contributed by atoms with Gasteiger partial charge in [-0.3, -0.25) is 4.79 Å². The number of aliphatic carboxylic acids is 1. The van der Waals surface area contributed by atoms with Crippen molar-refractivity contribution < 1.29 is 14.7 Å². The van der Waals surface area contributed by atoms with E-state index < -0.39 is 12.0 Å². The van der Waals surface area contributed by atoms with Gasteiger partial charge in [0.25, 0.3) is 5.91 Å². The normalized spacial score (nSPS) is 18.6. The van der Waals surface area contributed by atoms with Crippen molar-refractivity contribution in [1.82, 2.24) is 9.47 Å². The number of piperidine rings is 1. The molecule has 2 atom stereocenters. The average Bonchev–Trinajstić information content (AvgIpc) is 2.95. The number of hydrogen-bond acceptors (Lipinski definition) is 2. The fourth-order valence-corrected chi connectivity index (χ4v) is 4.06. The van der Waals surface area contributed by atoms with Crippen LogP contribution in [0, 0.1) is 13.8 Å². The molecule has 0 bridgehead atoms. The zero-order valence-corrected chi connectivity index (χ0v) is 15.6. The van der Waals surface area contributed by atoms with Gasteiger partial charge in [-0.15, -0.1) is 0 Å². The lowest BCUT2D eigenvalue weighted by Gasteiger charge is -2.33. The Morgan fingerprint density at radius 2 is 1.85 bits per heavy atom. The number of nitrogens with zero attached hydrogens (tertiary/aromatic N) is 2. The first-order valence-electron chi connectivity index (χ1n) is 9.19. The van der Waals surface area contributed by atoms with Crippen LogP contribution in [0.3, 0.4) is 0 Å². The average molecular weight is 354 g/mol. The number of likely N-dealkylation sites (tertiary alicyclic amines) is 1. The minimum Gasteiger partial charge on any atom is -0.480 e. The maximum atomic E-state index is 13.1. The summed E-state index contributed by atoms with van der Waals surface area (Å²) in [6, 6.07) is 11.5. The predicted octanol–water partition coefficient (Wildman–Crippen LogP) is 3.79. The molecular weight excluding hydrogens is 328 g/mol. The van der Waals surface area contributed by atoms with Gasteiger partial charge in [0.05, 0.1) is 11.6 Å². The minimum atomic E-state index is -0.912. The van der Waals surface area contributed by atoms with Crippen LogP contribution < -0.4 is 0 Å². The van der Waals surface area contributed by atoms with E-state index in [1.807, 2.05) is 38.1 Å². The Bertz CT molecular complexity index is 810. The van der Waals surface area contributed by atoms with Crippen molar-refractivity contribution in [2.45, 2.75) is 52.1 Å². The van der Waals surface area contributed by atoms with Crippen molar-refractivity contribution in [3.63, 3.8) is 0 Å². The molecule has 0 spiro atoms. The van der Waals surface area contributed by atoms with Crippen LogP contribution in [0.2, 0.25) is 0 Å². The number of carboxylic acid groups (broad SMARTS) is 1. The smallest absolute Gasteiger partial charge is 0.326 e. The van der Waals surface area contributed by atoms with Gasteiger partial charge < -0.3 is 14.6 Å². The Labute approximate surface area is 154 Å². The van der Waals surface area contributed by atoms with Crippen LogP contribution in [0.5, 0.6) is 0 Å². The van der Waals surface area contributed by atoms with Gasteiger partial charge in [-0.2, -0.15) is 0 Å². The fraction of sp³-hybridized carbons (Fsp3) is 0.429. The van der Waals surface area contributed by atoms with Crippen molar-refractivity contribution in [2.24, 2.45) is 0 Å². The van der Waals surface area contributed by atoms with Crippen LogP contribution in [0.1, 0.15) is 59.5 Å². The predicted molar refractivity (Wildman–Crippen MR) is 100 cm³/mol. The molecule has 1 aromatic heterocycles. The number of rotatable bonds is 4. The van der Waals surface area contributed by atoms with Gasteiger partial charge >= 0.3 is 5.97 Å². The van der Waals surface area contributed by atoms with Crippen LogP contribution in [0.4, 0.5) is 0 Å². The number of carbonyl (C=O) groups is 2. The molecular formula is C21H26N2O3. The van der Waals surface area contributed by atoms with Crippen LogP contribution in [-0.2, 0) is 4.79 Å². The summed E-state index contributed by atoms with van der Waals surface area (Å²) in [5, 5.41) is 9.47. The van der Waals surface area contributed by atoms with Crippen LogP contribution in [-0.4, -0.2) is 39.0 Å². The second-order valence-electron chi connectivity index (χ2n) is 7.09. The van der Waals surface area contributed by atoms with E-state index in [9.17, 15) is 14.7 Å². The van der Waals surface area contributed by atoms with Crippen molar-refractivity contribution in [1.29, 1.82) is 0 Å². The van der Waals surface area contributed by atoms with Crippen molar-refractivity contribution >= 4 is 11.9 Å². The standard InChI is InChI=1S/C21H26N2O3/c1-14-13-18(20(24)22-12-8-7-11-19(22)21(25)26)16(3)23(14)15(2)17-9-5-4-6-10-17/h4-6,9-10,13,15,19H,7-8,11-12H2,1-3H3,(H,25,26)/t15?,19-/m1/s1. The Morgan fingerprint density at radius 3 is 2.50 bits per heavy atom. The van der Waals surface area contributed by atoms with Crippen LogP contribution in [0.15, 0.2) is 36.4 Å². The lowest BCUT2D eigenvalue weighted by atomic mass is 10.0. The third-order valence-corrected chi connectivity index (χ3v) is 5.43. The van der Waals surface area contributed by atoms with Crippen LogP contribution >= 0.6 is 0 Å². The van der Waals surface area contributed by atoms with Crippen molar-refractivity contribution in [3.05, 3.63) is 58.9 Å². The van der Waals surface area contributed by atoms with Crippen molar-refractivity contribution in [3.8, 4) is 0 Å². The zero-order valence-electron chi connectivity index (χ0n) is 15.6. The topological polar surface area (TPSA) is 62.5 Å². The number of aryl methyl sites for hydroxylation is 1. The second-order valence-corrected chi connectivity index (χ2v) is 7.09. The molecule has 3 rings (SSSR count). The van der Waals surface area contributed by atoms with E-state index in [1.165, 1.54) is 10.5 Å². The largest absolute Gasteiger partial charge is 0.480 e. The number of amides is 1. The van der Waals surface area contributed by atoms with E-state index in [1.54, 1.807) is 0 Å². The molecule has 2 heterocycles. The summed E-state index contributed by atoms with van der Waals surface area (Å²) >= 11 is 0. The van der Waals surface area contributed by atoms with Gasteiger partial charge in [-0.1, -0.05) is 30.3 Å². The summed E-state index contributed by atoms with van der Waals surface area (Å²) < 4.78 is 2.16. The quantitative estimate of drug-likeness (QED) is 0.908. The summed E-state index contributed by atoms with van der Waals surface area (Å²) in [4.78, 5) is 26.2. The van der Waals surface area contributed by atoms with E-state index in [2.05, 4.69) is 23.6 Å². The van der Waals surface area contributed by atoms with E-state index >= 15 is 0 Å². The first-order valence-corrected chi connectivity index (χ1v) is 9.19. The SMILES string of the molecule is Cc1cc(C(=O)N2CCCC[C@@H]2C(=O)O)c(C)n1C(C)c1ccccc1. The number of hydrogen-bond donors (Lipinski definition) is 1. The molecule has 0 radical (unpaired) electrons. The van der Waals surface area contributed by atoms with Gasteiger partial charge in [-0.25, -0.2) is 4.79 Å². The summed E-state index contributed by atoms with van der Waals surface area (Å²) in [5.74, 6) is -1.08. The number of aromatic nitrogens is 1. The molecule has 1 amide bonds. The lowest BCUT2D eigenvalue weighted by molar-refractivity contribution is -0.143. The monoisotopic (exact) mass is 354 g/mol. The molecule has 26 heavy (non-hydrogen) atoms. The summed E-state index contributed by atoms with van der Waals surface area (Å²) in [6.45, 7) is 6.56. The van der Waals surface area contributed by atoms with E-state index in [0.29, 0.717) is 18.5 Å². The Balaban J connectivity index is 1.94. The highest BCUT2D eigenvalue weighted by Gasteiger charge is 2.34. The molecule has 5 heteroatoms. The molecule has 1 unspecified atom stereocenters. The summed E-state index contributed by atoms with van der Waals surface area (Å²) in [5.41, 5.74) is 3.68. The first-order chi connectivity index (χ1) is 12.4. The Morgan fingerprint density at radius 1 is 1.15 bits per heavy atom. The molecule has 1 aromatic carbocycles. The molecule has 1 N–H and O–H groups in total. The number of carbonyl (C=O) groups excluding carboxylic acids is 1. The number of carboxylic acids is 1. The van der Waals surface area contributed by atoms with E-state index in [0.717, 1.165) is 24.2 Å². The molecule has 0 saturated carbocycles.